The minimum atomic E-state index is -0.816. The lowest BCUT2D eigenvalue weighted by atomic mass is 10.1. The van der Waals surface area contributed by atoms with Crippen LogP contribution in [0.15, 0.2) is 24.4 Å². The summed E-state index contributed by atoms with van der Waals surface area (Å²) in [6.45, 7) is 0. The van der Waals surface area contributed by atoms with E-state index in [-0.39, 0.29) is 0 Å². The first-order valence-corrected chi connectivity index (χ1v) is 4.66. The molecule has 0 unspecified atom stereocenters. The van der Waals surface area contributed by atoms with E-state index in [9.17, 15) is 8.78 Å². The van der Waals surface area contributed by atoms with E-state index in [0.29, 0.717) is 17.1 Å². The van der Waals surface area contributed by atoms with E-state index >= 15 is 0 Å². The zero-order valence-corrected chi connectivity index (χ0v) is 8.35. The molecule has 0 aliphatic heterocycles. The highest BCUT2D eigenvalue weighted by Gasteiger charge is 2.07. The Morgan fingerprint density at radius 1 is 1.33 bits per heavy atom. The fourth-order valence-corrected chi connectivity index (χ4v) is 1.50. The van der Waals surface area contributed by atoms with Crippen molar-refractivity contribution in [3.05, 3.63) is 52.6 Å². The third kappa shape index (κ3) is 2.33. The molecule has 0 aliphatic carbocycles. The number of hydrogen-bond acceptors (Lipinski definition) is 1. The second-order valence-electron chi connectivity index (χ2n) is 3.12. The molecule has 0 saturated heterocycles. The summed E-state index contributed by atoms with van der Waals surface area (Å²) in [4.78, 5) is 5.87. The molecule has 0 amide bonds. The number of nitrogens with zero attached hydrogens (tertiary/aromatic N) is 1. The van der Waals surface area contributed by atoms with Gasteiger partial charge in [-0.15, -0.1) is 0 Å². The number of aromatic nitrogens is 2. The Kier molecular flexibility index (Phi) is 2.68. The molecule has 1 N–H and O–H groups in total. The Bertz CT molecular complexity index is 482. The van der Waals surface area contributed by atoms with Crippen LogP contribution in [0, 0.1) is 11.9 Å². The molecule has 2 aromatic rings. The summed E-state index contributed by atoms with van der Waals surface area (Å²) in [6, 6.07) is 4.19. The van der Waals surface area contributed by atoms with Crippen LogP contribution in [0.25, 0.3) is 0 Å². The van der Waals surface area contributed by atoms with Gasteiger partial charge < -0.3 is 4.98 Å². The number of aromatic amines is 1. The molecule has 2 rings (SSSR count). The predicted molar refractivity (Wildman–Crippen MR) is 52.8 cm³/mol. The summed E-state index contributed by atoms with van der Waals surface area (Å²) >= 11 is 5.67. The molecule has 2 nitrogen and oxygen atoms in total. The predicted octanol–water partition coefficient (Wildman–Crippen LogP) is 2.93. The first kappa shape index (κ1) is 10.1. The molecule has 78 valence electrons. The highest BCUT2D eigenvalue weighted by molar-refractivity contribution is 6.29. The van der Waals surface area contributed by atoms with Crippen LogP contribution in [-0.2, 0) is 6.42 Å². The van der Waals surface area contributed by atoms with E-state index in [1.807, 2.05) is 0 Å². The first-order valence-electron chi connectivity index (χ1n) is 4.29. The highest BCUT2D eigenvalue weighted by atomic mass is 35.5. The number of halogens is 3. The van der Waals surface area contributed by atoms with Gasteiger partial charge in [0.15, 0.2) is 0 Å². The molecule has 0 radical (unpaired) electrons. The van der Waals surface area contributed by atoms with Gasteiger partial charge in [0.25, 0.3) is 0 Å². The Morgan fingerprint density at radius 2 is 2.13 bits per heavy atom. The number of nitrogens with one attached hydrogen (secondary N) is 1. The first-order chi connectivity index (χ1) is 7.15. The van der Waals surface area contributed by atoms with Crippen molar-refractivity contribution in [3.8, 4) is 0 Å². The van der Waals surface area contributed by atoms with Gasteiger partial charge >= 0.3 is 0 Å². The van der Waals surface area contributed by atoms with Gasteiger partial charge in [0.05, 0.1) is 0 Å². The van der Waals surface area contributed by atoms with Gasteiger partial charge in [-0.1, -0.05) is 11.6 Å². The summed E-state index contributed by atoms with van der Waals surface area (Å²) in [5.74, 6) is -1.60. The van der Waals surface area contributed by atoms with E-state index in [0.717, 1.165) is 11.6 Å². The monoisotopic (exact) mass is 228 g/mol. The topological polar surface area (TPSA) is 28.7 Å². The van der Waals surface area contributed by atoms with Gasteiger partial charge in [-0.3, -0.25) is 0 Å². The maximum absolute atomic E-state index is 13.1. The van der Waals surface area contributed by atoms with Gasteiger partial charge in [0, 0.05) is 18.2 Å². The summed E-state index contributed by atoms with van der Waals surface area (Å²) in [7, 11) is 0. The van der Waals surface area contributed by atoms with Crippen molar-refractivity contribution in [1.29, 1.82) is 0 Å². The molecule has 0 fully saturated rings. The van der Waals surface area contributed by atoms with Crippen LogP contribution in [0.5, 0.6) is 0 Å². The minimum Gasteiger partial charge on any atom is -0.352 e. The Hall–Kier alpha value is -1.42. The van der Waals surface area contributed by atoms with Crippen molar-refractivity contribution >= 4 is 11.6 Å². The summed E-state index contributed by atoms with van der Waals surface area (Å²) in [5, 5.41) is 0.487. The molecule has 0 spiro atoms. The fourth-order valence-electron chi connectivity index (χ4n) is 1.30. The number of hydrogen-bond donors (Lipinski definition) is 1. The molecule has 0 aromatic carbocycles. The number of pyridine rings is 1. The van der Waals surface area contributed by atoms with E-state index in [4.69, 9.17) is 11.6 Å². The standard InChI is InChI=1S/C10H7ClF2N2/c11-8-4-6(5-14-8)3-7-1-2-9(12)15-10(7)13/h1-2,4-5,14H,3H2. The zero-order chi connectivity index (χ0) is 10.8. The average molecular weight is 229 g/mol. The average Bonchev–Trinajstić information content (AvgIpc) is 2.56. The SMILES string of the molecule is Fc1ccc(Cc2c[nH]c(Cl)c2)c(F)n1. The van der Waals surface area contributed by atoms with Gasteiger partial charge in [-0.25, -0.2) is 0 Å². The molecule has 0 bridgehead atoms. The summed E-state index contributed by atoms with van der Waals surface area (Å²) in [5.41, 5.74) is 1.17. The van der Waals surface area contributed by atoms with Crippen LogP contribution in [0.2, 0.25) is 5.15 Å². The Labute approximate surface area is 89.9 Å². The minimum absolute atomic E-state index is 0.336. The van der Waals surface area contributed by atoms with Crippen molar-refractivity contribution in [2.45, 2.75) is 6.42 Å². The largest absolute Gasteiger partial charge is 0.352 e. The van der Waals surface area contributed by atoms with Crippen molar-refractivity contribution < 1.29 is 8.78 Å². The Balaban J connectivity index is 2.24. The van der Waals surface area contributed by atoms with Gasteiger partial charge in [0.2, 0.25) is 11.9 Å². The molecule has 0 saturated carbocycles. The number of H-pyrrole nitrogens is 1. The van der Waals surface area contributed by atoms with Crippen LogP contribution in [0.4, 0.5) is 8.78 Å². The molecular weight excluding hydrogens is 222 g/mol. The molecule has 5 heteroatoms. The van der Waals surface area contributed by atoms with Crippen molar-refractivity contribution in [2.24, 2.45) is 0 Å². The van der Waals surface area contributed by atoms with Gasteiger partial charge in [-0.2, -0.15) is 13.8 Å². The highest BCUT2D eigenvalue weighted by Crippen LogP contribution is 2.15. The lowest BCUT2D eigenvalue weighted by molar-refractivity contribution is 0.504. The van der Waals surface area contributed by atoms with Crippen LogP contribution in [-0.4, -0.2) is 9.97 Å². The Morgan fingerprint density at radius 3 is 2.73 bits per heavy atom. The maximum atomic E-state index is 13.1. The van der Waals surface area contributed by atoms with Gasteiger partial charge in [-0.05, 0) is 23.8 Å². The molecule has 15 heavy (non-hydrogen) atoms. The smallest absolute Gasteiger partial charge is 0.219 e. The number of rotatable bonds is 2. The summed E-state index contributed by atoms with van der Waals surface area (Å²) < 4.78 is 25.7. The lowest BCUT2D eigenvalue weighted by Crippen LogP contribution is -1.96. The third-order valence-electron chi connectivity index (χ3n) is 1.99. The summed E-state index contributed by atoms with van der Waals surface area (Å²) in [6.07, 6.45) is 2.01. The van der Waals surface area contributed by atoms with Gasteiger partial charge in [0.1, 0.15) is 5.15 Å². The maximum Gasteiger partial charge on any atom is 0.219 e. The molecule has 2 heterocycles. The van der Waals surface area contributed by atoms with Crippen molar-refractivity contribution in [3.63, 3.8) is 0 Å². The fraction of sp³-hybridized carbons (Fsp3) is 0.100. The third-order valence-corrected chi connectivity index (χ3v) is 2.21. The van der Waals surface area contributed by atoms with Crippen LogP contribution < -0.4 is 0 Å². The molecule has 2 aromatic heterocycles. The van der Waals surface area contributed by atoms with Crippen LogP contribution in [0.1, 0.15) is 11.1 Å². The van der Waals surface area contributed by atoms with Crippen LogP contribution >= 0.6 is 11.6 Å². The zero-order valence-electron chi connectivity index (χ0n) is 7.60. The molecule has 0 atom stereocenters. The second kappa shape index (κ2) is 3.98. The van der Waals surface area contributed by atoms with E-state index in [1.54, 1.807) is 12.3 Å². The van der Waals surface area contributed by atoms with Crippen molar-refractivity contribution in [2.75, 3.05) is 0 Å². The quantitative estimate of drug-likeness (QED) is 0.787. The van der Waals surface area contributed by atoms with E-state index in [1.165, 1.54) is 6.07 Å². The van der Waals surface area contributed by atoms with E-state index in [2.05, 4.69) is 9.97 Å². The molecular formula is C10H7ClF2N2. The second-order valence-corrected chi connectivity index (χ2v) is 3.52. The normalized spacial score (nSPS) is 10.6. The lowest BCUT2D eigenvalue weighted by Gasteiger charge is -1.99. The van der Waals surface area contributed by atoms with Crippen molar-refractivity contribution in [1.82, 2.24) is 9.97 Å². The van der Waals surface area contributed by atoms with Crippen LogP contribution in [0.3, 0.4) is 0 Å². The van der Waals surface area contributed by atoms with E-state index < -0.39 is 11.9 Å². The molecule has 0 aliphatic rings.